The molecule has 2 aromatic carbocycles. The van der Waals surface area contributed by atoms with Gasteiger partial charge in [-0.15, -0.1) is 0 Å². The van der Waals surface area contributed by atoms with Gasteiger partial charge in [-0.1, -0.05) is 12.1 Å². The minimum Gasteiger partial charge on any atom is -0.363 e. The quantitative estimate of drug-likeness (QED) is 0.598. The van der Waals surface area contributed by atoms with Gasteiger partial charge in [0.05, 0.1) is 11.6 Å². The Morgan fingerprint density at radius 1 is 1.18 bits per heavy atom. The summed E-state index contributed by atoms with van der Waals surface area (Å²) in [5, 5.41) is 9.91. The van der Waals surface area contributed by atoms with Crippen LogP contribution in [0.5, 0.6) is 0 Å². The van der Waals surface area contributed by atoms with Crippen LogP contribution in [0.3, 0.4) is 0 Å². The van der Waals surface area contributed by atoms with Crippen molar-refractivity contribution < 1.29 is 9.18 Å². The molecule has 3 N–H and O–H groups in total. The monoisotopic (exact) mass is 378 g/mol. The number of carbonyl (C=O) groups is 1. The van der Waals surface area contributed by atoms with Crippen LogP contribution in [0.25, 0.3) is 10.9 Å². The molecule has 0 fully saturated rings. The van der Waals surface area contributed by atoms with Crippen molar-refractivity contribution in [2.75, 3.05) is 10.6 Å². The van der Waals surface area contributed by atoms with E-state index in [9.17, 15) is 9.18 Å². The van der Waals surface area contributed by atoms with Gasteiger partial charge in [-0.2, -0.15) is 0 Å². The first kappa shape index (κ1) is 18.2. The molecule has 0 aliphatic heterocycles. The average molecular weight is 378 g/mol. The Hall–Kier alpha value is -3.15. The van der Waals surface area contributed by atoms with Crippen molar-refractivity contribution in [1.29, 1.82) is 0 Å². The Kier molecular flexibility index (Phi) is 4.86. The van der Waals surface area contributed by atoms with Crippen molar-refractivity contribution in [3.8, 4) is 0 Å². The summed E-state index contributed by atoms with van der Waals surface area (Å²) in [6.45, 7) is 3.82. The van der Waals surface area contributed by atoms with Gasteiger partial charge in [-0.05, 0) is 68.7 Å². The highest BCUT2D eigenvalue weighted by Gasteiger charge is 2.25. The number of hydrogen-bond acceptors (Lipinski definition) is 3. The van der Waals surface area contributed by atoms with Crippen LogP contribution >= 0.6 is 0 Å². The van der Waals surface area contributed by atoms with E-state index in [1.54, 1.807) is 6.07 Å². The molecule has 3 aromatic rings. The van der Waals surface area contributed by atoms with Crippen LogP contribution in [-0.2, 0) is 6.42 Å². The molecule has 144 valence electrons. The standard InChI is InChI=1S/C22H23FN4O/c1-13(2)24-22(28)25-16-8-10-18-15(12-16)7-11-20(26-18)27-19-9-6-14-4-3-5-17(23)21(14)19/h3-5,7-8,10-13,19H,6,9H2,1-2H3,(H,26,27)(H2,24,25,28). The third kappa shape index (κ3) is 3.76. The third-order valence-electron chi connectivity index (χ3n) is 4.88. The van der Waals surface area contributed by atoms with Crippen LogP contribution in [-0.4, -0.2) is 17.1 Å². The second-order valence-corrected chi connectivity index (χ2v) is 7.41. The van der Waals surface area contributed by atoms with Crippen molar-refractivity contribution in [2.24, 2.45) is 0 Å². The fourth-order valence-electron chi connectivity index (χ4n) is 3.67. The summed E-state index contributed by atoms with van der Waals surface area (Å²) in [6, 6.07) is 14.4. The molecule has 4 rings (SSSR count). The Morgan fingerprint density at radius 3 is 2.86 bits per heavy atom. The van der Waals surface area contributed by atoms with Crippen molar-refractivity contribution in [3.63, 3.8) is 0 Å². The molecule has 1 atom stereocenters. The van der Waals surface area contributed by atoms with Gasteiger partial charge in [0.15, 0.2) is 0 Å². The number of anilines is 2. The number of halogens is 1. The van der Waals surface area contributed by atoms with Gasteiger partial charge in [0.25, 0.3) is 0 Å². The Labute approximate surface area is 163 Å². The summed E-state index contributed by atoms with van der Waals surface area (Å²) in [7, 11) is 0. The lowest BCUT2D eigenvalue weighted by molar-refractivity contribution is 0.250. The second-order valence-electron chi connectivity index (χ2n) is 7.41. The molecular weight excluding hydrogens is 355 g/mol. The zero-order chi connectivity index (χ0) is 19.7. The molecule has 0 bridgehead atoms. The Bertz CT molecular complexity index is 1030. The van der Waals surface area contributed by atoms with Crippen molar-refractivity contribution in [3.05, 3.63) is 65.5 Å². The summed E-state index contributed by atoms with van der Waals surface area (Å²) in [5.41, 5.74) is 3.33. The van der Waals surface area contributed by atoms with Gasteiger partial charge in [0, 0.05) is 22.7 Å². The number of nitrogens with zero attached hydrogens (tertiary/aromatic N) is 1. The number of rotatable bonds is 4. The van der Waals surface area contributed by atoms with Gasteiger partial charge in [0.1, 0.15) is 11.6 Å². The van der Waals surface area contributed by atoms with Crippen LogP contribution in [0.1, 0.15) is 37.4 Å². The van der Waals surface area contributed by atoms with Crippen LogP contribution in [0, 0.1) is 5.82 Å². The summed E-state index contributed by atoms with van der Waals surface area (Å²) < 4.78 is 14.2. The third-order valence-corrected chi connectivity index (χ3v) is 4.88. The number of hydrogen-bond donors (Lipinski definition) is 3. The van der Waals surface area contributed by atoms with E-state index in [-0.39, 0.29) is 23.9 Å². The molecule has 1 unspecified atom stereocenters. The average Bonchev–Trinajstić information content (AvgIpc) is 3.05. The molecule has 0 spiro atoms. The number of fused-ring (bicyclic) bond motifs is 2. The zero-order valence-electron chi connectivity index (χ0n) is 15.9. The number of pyridine rings is 1. The number of benzene rings is 2. The molecule has 1 aliphatic rings. The lowest BCUT2D eigenvalue weighted by Gasteiger charge is -2.16. The van der Waals surface area contributed by atoms with E-state index in [4.69, 9.17) is 0 Å². The zero-order valence-corrected chi connectivity index (χ0v) is 15.9. The van der Waals surface area contributed by atoms with Crippen LogP contribution in [0.15, 0.2) is 48.5 Å². The van der Waals surface area contributed by atoms with Crippen molar-refractivity contribution in [1.82, 2.24) is 10.3 Å². The molecule has 1 aromatic heterocycles. The second kappa shape index (κ2) is 7.46. The molecule has 5 nitrogen and oxygen atoms in total. The maximum Gasteiger partial charge on any atom is 0.319 e. The minimum absolute atomic E-state index is 0.0678. The number of amides is 2. The predicted octanol–water partition coefficient (Wildman–Crippen LogP) is 5.00. The molecule has 1 aliphatic carbocycles. The minimum atomic E-state index is -0.234. The molecule has 28 heavy (non-hydrogen) atoms. The fraction of sp³-hybridized carbons (Fsp3) is 0.273. The maximum atomic E-state index is 14.2. The van der Waals surface area contributed by atoms with Gasteiger partial charge >= 0.3 is 6.03 Å². The molecular formula is C22H23FN4O. The molecule has 0 radical (unpaired) electrons. The lowest BCUT2D eigenvalue weighted by Crippen LogP contribution is -2.34. The SMILES string of the molecule is CC(C)NC(=O)Nc1ccc2nc(NC3CCc4cccc(F)c43)ccc2c1. The van der Waals surface area contributed by atoms with Crippen LogP contribution < -0.4 is 16.0 Å². The first-order valence-electron chi connectivity index (χ1n) is 9.52. The summed E-state index contributed by atoms with van der Waals surface area (Å²) in [5.74, 6) is 0.551. The molecule has 1 heterocycles. The van der Waals surface area contributed by atoms with E-state index in [1.165, 1.54) is 6.07 Å². The highest BCUT2D eigenvalue weighted by Crippen LogP contribution is 2.35. The highest BCUT2D eigenvalue weighted by atomic mass is 19.1. The summed E-state index contributed by atoms with van der Waals surface area (Å²) >= 11 is 0. The van der Waals surface area contributed by atoms with Gasteiger partial charge in [-0.25, -0.2) is 14.2 Å². The first-order chi connectivity index (χ1) is 13.5. The lowest BCUT2D eigenvalue weighted by atomic mass is 10.1. The van der Waals surface area contributed by atoms with E-state index in [2.05, 4.69) is 20.9 Å². The largest absolute Gasteiger partial charge is 0.363 e. The summed E-state index contributed by atoms with van der Waals surface area (Å²) in [4.78, 5) is 16.5. The predicted molar refractivity (Wildman–Crippen MR) is 110 cm³/mol. The molecule has 2 amide bonds. The van der Waals surface area contributed by atoms with Gasteiger partial charge < -0.3 is 16.0 Å². The van der Waals surface area contributed by atoms with E-state index < -0.39 is 0 Å². The first-order valence-corrected chi connectivity index (χ1v) is 9.52. The van der Waals surface area contributed by atoms with Gasteiger partial charge in [0.2, 0.25) is 0 Å². The van der Waals surface area contributed by atoms with E-state index >= 15 is 0 Å². The maximum absolute atomic E-state index is 14.2. The van der Waals surface area contributed by atoms with Gasteiger partial charge in [-0.3, -0.25) is 0 Å². The van der Waals surface area contributed by atoms with Crippen molar-refractivity contribution >= 4 is 28.4 Å². The number of urea groups is 1. The van der Waals surface area contributed by atoms with E-state index in [0.717, 1.165) is 34.9 Å². The van der Waals surface area contributed by atoms with E-state index in [0.29, 0.717) is 11.5 Å². The van der Waals surface area contributed by atoms with E-state index in [1.807, 2.05) is 50.2 Å². The number of carbonyl (C=O) groups excluding carboxylic acids is 1. The number of aromatic nitrogens is 1. The van der Waals surface area contributed by atoms with Crippen molar-refractivity contribution in [2.45, 2.75) is 38.8 Å². The molecule has 0 saturated heterocycles. The number of aryl methyl sites for hydroxylation is 1. The topological polar surface area (TPSA) is 66.0 Å². The number of nitrogens with one attached hydrogen (secondary N) is 3. The fourth-order valence-corrected chi connectivity index (χ4v) is 3.67. The Balaban J connectivity index is 1.52. The molecule has 6 heteroatoms. The Morgan fingerprint density at radius 2 is 2.04 bits per heavy atom. The normalized spacial score (nSPS) is 15.5. The van der Waals surface area contributed by atoms with Crippen LogP contribution in [0.2, 0.25) is 0 Å². The smallest absolute Gasteiger partial charge is 0.319 e. The summed E-state index contributed by atoms with van der Waals surface area (Å²) in [6.07, 6.45) is 1.72. The van der Waals surface area contributed by atoms with Crippen LogP contribution in [0.4, 0.5) is 20.7 Å². The highest BCUT2D eigenvalue weighted by molar-refractivity contribution is 5.93. The molecule has 0 saturated carbocycles.